The van der Waals surface area contributed by atoms with Gasteiger partial charge in [-0.1, -0.05) is 26.7 Å². The van der Waals surface area contributed by atoms with Gasteiger partial charge >= 0.3 is 0 Å². The summed E-state index contributed by atoms with van der Waals surface area (Å²) in [5, 5.41) is 0. The molecule has 1 fully saturated rings. The Morgan fingerprint density at radius 1 is 1.35 bits per heavy atom. The first-order valence-electron chi connectivity index (χ1n) is 8.29. The van der Waals surface area contributed by atoms with E-state index in [-0.39, 0.29) is 5.92 Å². The second kappa shape index (κ2) is 8.17. The minimum Gasteiger partial charge on any atom is -0.379 e. The smallest absolute Gasteiger partial charge is 0.166 e. The molecule has 0 aliphatic carbocycles. The molecule has 0 aromatic carbocycles. The van der Waals surface area contributed by atoms with Gasteiger partial charge in [0.05, 0.1) is 18.9 Å². The van der Waals surface area contributed by atoms with E-state index in [1.807, 2.05) is 24.8 Å². The van der Waals surface area contributed by atoms with Gasteiger partial charge in [0.2, 0.25) is 0 Å². The Morgan fingerprint density at radius 2 is 2.04 bits per heavy atom. The van der Waals surface area contributed by atoms with E-state index >= 15 is 0 Å². The summed E-state index contributed by atoms with van der Waals surface area (Å²) in [6.07, 6.45) is 4.36. The van der Waals surface area contributed by atoms with Gasteiger partial charge in [0.25, 0.3) is 0 Å². The molecule has 0 saturated carbocycles. The van der Waals surface area contributed by atoms with Gasteiger partial charge in [-0.2, -0.15) is 0 Å². The molecule has 0 N–H and O–H groups in total. The molecule has 1 aliphatic rings. The Bertz CT molecular complexity index is 580. The van der Waals surface area contributed by atoms with Crippen LogP contribution in [-0.2, 0) is 20.3 Å². The normalized spacial score (nSPS) is 20.3. The molecule has 130 valence electrons. The van der Waals surface area contributed by atoms with Crippen molar-refractivity contribution in [3.05, 3.63) is 23.8 Å². The molecule has 7 heteroatoms. The largest absolute Gasteiger partial charge is 0.379 e. The second-order valence-electron chi connectivity index (χ2n) is 6.17. The minimum atomic E-state index is -2.74. The van der Waals surface area contributed by atoms with E-state index in [0.717, 1.165) is 25.0 Å². The van der Waals surface area contributed by atoms with Gasteiger partial charge < -0.3 is 4.74 Å². The second-order valence-corrected chi connectivity index (χ2v) is 7.37. The number of morpholine rings is 1. The first-order chi connectivity index (χ1) is 11.0. The maximum absolute atomic E-state index is 12.5. The molecule has 6 nitrogen and oxygen atoms in total. The monoisotopic (exact) mass is 341 g/mol. The quantitative estimate of drug-likeness (QED) is 0.761. The highest BCUT2D eigenvalue weighted by Crippen LogP contribution is 2.39. The summed E-state index contributed by atoms with van der Waals surface area (Å²) < 4.78 is 30.5. The van der Waals surface area contributed by atoms with Crippen LogP contribution >= 0.6 is 0 Å². The summed E-state index contributed by atoms with van der Waals surface area (Å²) >= 11 is 0. The summed E-state index contributed by atoms with van der Waals surface area (Å²) in [7, 11) is -2.74. The van der Waals surface area contributed by atoms with Crippen molar-refractivity contribution in [1.29, 1.82) is 0 Å². The summed E-state index contributed by atoms with van der Waals surface area (Å²) in [4.78, 5) is 9.44. The van der Waals surface area contributed by atoms with Gasteiger partial charge in [0.1, 0.15) is 6.33 Å². The predicted octanol–water partition coefficient (Wildman–Crippen LogP) is 1.71. The SMILES string of the molecule is CCCCC(C)C(c1cc(C)ncn1)(N1CCOCC1)[SH](=O)=O. The Balaban J connectivity index is 2.54. The van der Waals surface area contributed by atoms with Crippen LogP contribution in [0.15, 0.2) is 12.4 Å². The summed E-state index contributed by atoms with van der Waals surface area (Å²) in [5.74, 6) is -0.0454. The first kappa shape index (κ1) is 18.3. The Labute approximate surface area is 140 Å². The van der Waals surface area contributed by atoms with Crippen molar-refractivity contribution in [3.8, 4) is 0 Å². The van der Waals surface area contributed by atoms with E-state index < -0.39 is 15.6 Å². The lowest BCUT2D eigenvalue weighted by Gasteiger charge is -2.45. The maximum Gasteiger partial charge on any atom is 0.166 e. The lowest BCUT2D eigenvalue weighted by Crippen LogP contribution is -2.56. The molecular weight excluding hydrogens is 314 g/mol. The molecule has 2 heterocycles. The van der Waals surface area contributed by atoms with E-state index in [9.17, 15) is 8.42 Å². The van der Waals surface area contributed by atoms with E-state index in [2.05, 4.69) is 16.9 Å². The third kappa shape index (κ3) is 3.72. The van der Waals surface area contributed by atoms with E-state index in [1.54, 1.807) is 0 Å². The van der Waals surface area contributed by atoms with E-state index in [1.165, 1.54) is 6.33 Å². The van der Waals surface area contributed by atoms with Crippen LogP contribution in [0.5, 0.6) is 0 Å². The highest BCUT2D eigenvalue weighted by atomic mass is 32.2. The molecule has 2 rings (SSSR count). The number of rotatable bonds is 7. The van der Waals surface area contributed by atoms with Crippen molar-refractivity contribution in [2.75, 3.05) is 26.3 Å². The molecule has 0 amide bonds. The van der Waals surface area contributed by atoms with Crippen molar-refractivity contribution in [3.63, 3.8) is 0 Å². The number of hydrogen-bond donors (Lipinski definition) is 1. The topological polar surface area (TPSA) is 72.4 Å². The number of hydrogen-bond acceptors (Lipinski definition) is 6. The average molecular weight is 341 g/mol. The maximum atomic E-state index is 12.5. The van der Waals surface area contributed by atoms with Gasteiger partial charge in [-0.15, -0.1) is 0 Å². The minimum absolute atomic E-state index is 0.0454. The fourth-order valence-electron chi connectivity index (χ4n) is 3.39. The van der Waals surface area contributed by atoms with Crippen LogP contribution in [-0.4, -0.2) is 49.6 Å². The molecule has 23 heavy (non-hydrogen) atoms. The molecule has 1 aliphatic heterocycles. The van der Waals surface area contributed by atoms with Crippen LogP contribution in [0.1, 0.15) is 44.5 Å². The fraction of sp³-hybridized carbons (Fsp3) is 0.750. The van der Waals surface area contributed by atoms with Crippen LogP contribution in [0.3, 0.4) is 0 Å². The first-order valence-corrected chi connectivity index (χ1v) is 9.47. The molecule has 0 bridgehead atoms. The zero-order valence-electron chi connectivity index (χ0n) is 14.2. The number of unbranched alkanes of at least 4 members (excludes halogenated alkanes) is 1. The van der Waals surface area contributed by atoms with Crippen molar-refractivity contribution >= 4 is 10.7 Å². The van der Waals surface area contributed by atoms with Gasteiger partial charge in [-0.05, 0) is 25.3 Å². The van der Waals surface area contributed by atoms with Crippen LogP contribution in [0.2, 0.25) is 0 Å². The van der Waals surface area contributed by atoms with E-state index in [0.29, 0.717) is 32.0 Å². The average Bonchev–Trinajstić information content (AvgIpc) is 2.54. The summed E-state index contributed by atoms with van der Waals surface area (Å²) in [6.45, 7) is 8.31. The number of thiol groups is 1. The van der Waals surface area contributed by atoms with Crippen LogP contribution < -0.4 is 0 Å². The highest BCUT2D eigenvalue weighted by Gasteiger charge is 2.48. The zero-order chi connectivity index (χ0) is 16.9. The number of aryl methyl sites for hydroxylation is 1. The van der Waals surface area contributed by atoms with Gasteiger partial charge in [0, 0.05) is 18.8 Å². The molecular formula is C16H27N3O3S. The molecule has 2 atom stereocenters. The number of ether oxygens (including phenoxy) is 1. The third-order valence-corrected chi connectivity index (χ3v) is 6.14. The Morgan fingerprint density at radius 3 is 2.61 bits per heavy atom. The molecule has 1 aromatic heterocycles. The van der Waals surface area contributed by atoms with Crippen molar-refractivity contribution in [2.45, 2.75) is 44.9 Å². The van der Waals surface area contributed by atoms with E-state index in [4.69, 9.17) is 4.74 Å². The number of aromatic nitrogens is 2. The highest BCUT2D eigenvalue weighted by molar-refractivity contribution is 7.73. The van der Waals surface area contributed by atoms with Gasteiger partial charge in [0.15, 0.2) is 15.6 Å². The van der Waals surface area contributed by atoms with Crippen molar-refractivity contribution in [2.24, 2.45) is 5.92 Å². The van der Waals surface area contributed by atoms with Gasteiger partial charge in [-0.3, -0.25) is 4.90 Å². The zero-order valence-corrected chi connectivity index (χ0v) is 15.1. The number of nitrogens with zero attached hydrogens (tertiary/aromatic N) is 3. The summed E-state index contributed by atoms with van der Waals surface area (Å²) in [6, 6.07) is 1.81. The van der Waals surface area contributed by atoms with Gasteiger partial charge in [-0.25, -0.2) is 18.4 Å². The standard InChI is InChI=1S/C16H27N3O3S/c1-4-5-6-13(2)16(23(20)21,19-7-9-22-10-8-19)15-11-14(3)17-12-18-15/h11-13,23H,4-10H2,1-3H3. The van der Waals surface area contributed by atoms with Crippen LogP contribution in [0.25, 0.3) is 0 Å². The van der Waals surface area contributed by atoms with Crippen LogP contribution in [0, 0.1) is 12.8 Å². The van der Waals surface area contributed by atoms with Crippen molar-refractivity contribution in [1.82, 2.24) is 14.9 Å². The lowest BCUT2D eigenvalue weighted by atomic mass is 9.90. The molecule has 1 aromatic rings. The molecule has 1 saturated heterocycles. The third-order valence-electron chi connectivity index (χ3n) is 4.63. The Kier molecular flexibility index (Phi) is 6.50. The Hall–Kier alpha value is -1.05. The molecule has 0 spiro atoms. The molecule has 0 radical (unpaired) electrons. The lowest BCUT2D eigenvalue weighted by molar-refractivity contribution is -0.0143. The fourth-order valence-corrected chi connectivity index (χ4v) is 4.62. The predicted molar refractivity (Wildman–Crippen MR) is 89.8 cm³/mol. The van der Waals surface area contributed by atoms with Crippen LogP contribution in [0.4, 0.5) is 0 Å². The van der Waals surface area contributed by atoms with Crippen molar-refractivity contribution < 1.29 is 13.2 Å². The summed E-state index contributed by atoms with van der Waals surface area (Å²) in [5.41, 5.74) is 1.37. The molecule has 2 unspecified atom stereocenters.